The molecule has 4 aliphatic rings. The number of carbonyl (C=O) groups excluding carboxylic acids is 2. The zero-order valence-electron chi connectivity index (χ0n) is 20.4. The van der Waals surface area contributed by atoms with E-state index in [1.165, 1.54) is 31.2 Å². The lowest BCUT2D eigenvalue weighted by Gasteiger charge is -2.39. The third-order valence-electron chi connectivity index (χ3n) is 9.08. The van der Waals surface area contributed by atoms with Gasteiger partial charge in [0, 0.05) is 44.5 Å². The van der Waals surface area contributed by atoms with E-state index in [-0.39, 0.29) is 11.8 Å². The summed E-state index contributed by atoms with van der Waals surface area (Å²) in [5.74, 6) is 3.36. The molecule has 1 unspecified atom stereocenters. The van der Waals surface area contributed by atoms with Crippen LogP contribution in [0.15, 0.2) is 48.8 Å². The van der Waals surface area contributed by atoms with E-state index < -0.39 is 0 Å². The molecule has 6 rings (SSSR count). The molecule has 4 fully saturated rings. The van der Waals surface area contributed by atoms with E-state index in [0.717, 1.165) is 68.7 Å². The average Bonchev–Trinajstić information content (AvgIpc) is 3.48. The SMILES string of the molecule is O=C(Nc1ccc(C2CCN(C(=O)CC3C[C@@H]4CC[C@H]3C4)CC2)cc1)C1CN(c2cccnc2)C1. The fourth-order valence-corrected chi connectivity index (χ4v) is 6.92. The molecule has 3 atom stereocenters. The third-order valence-corrected chi connectivity index (χ3v) is 9.08. The van der Waals surface area contributed by atoms with Gasteiger partial charge in [0.15, 0.2) is 0 Å². The van der Waals surface area contributed by atoms with Crippen LogP contribution in [0, 0.1) is 23.7 Å². The van der Waals surface area contributed by atoms with Gasteiger partial charge in [-0.15, -0.1) is 0 Å². The molecule has 1 aromatic heterocycles. The number of benzene rings is 1. The van der Waals surface area contributed by atoms with Gasteiger partial charge in [-0.25, -0.2) is 0 Å². The molecule has 35 heavy (non-hydrogen) atoms. The van der Waals surface area contributed by atoms with Gasteiger partial charge in [-0.2, -0.15) is 0 Å². The fourth-order valence-electron chi connectivity index (χ4n) is 6.92. The van der Waals surface area contributed by atoms with E-state index in [2.05, 4.69) is 32.2 Å². The van der Waals surface area contributed by atoms with Crippen molar-refractivity contribution in [2.45, 2.75) is 50.9 Å². The molecule has 2 bridgehead atoms. The van der Waals surface area contributed by atoms with Crippen molar-refractivity contribution in [1.82, 2.24) is 9.88 Å². The largest absolute Gasteiger partial charge is 0.369 e. The number of fused-ring (bicyclic) bond motifs is 2. The van der Waals surface area contributed by atoms with E-state index in [9.17, 15) is 9.59 Å². The minimum Gasteiger partial charge on any atom is -0.369 e. The van der Waals surface area contributed by atoms with Crippen LogP contribution in [-0.4, -0.2) is 47.9 Å². The smallest absolute Gasteiger partial charge is 0.231 e. The Morgan fingerprint density at radius 2 is 1.77 bits per heavy atom. The van der Waals surface area contributed by atoms with Crippen molar-refractivity contribution in [2.24, 2.45) is 23.7 Å². The van der Waals surface area contributed by atoms with Gasteiger partial charge in [-0.3, -0.25) is 14.6 Å². The molecule has 0 radical (unpaired) electrons. The minimum atomic E-state index is 0.0103. The van der Waals surface area contributed by atoms with E-state index in [1.807, 2.05) is 30.5 Å². The first-order chi connectivity index (χ1) is 17.1. The van der Waals surface area contributed by atoms with Crippen molar-refractivity contribution in [3.8, 4) is 0 Å². The van der Waals surface area contributed by atoms with Gasteiger partial charge in [-0.05, 0) is 85.6 Å². The Balaban J connectivity index is 0.950. The van der Waals surface area contributed by atoms with Crippen LogP contribution in [0.4, 0.5) is 11.4 Å². The number of nitrogens with one attached hydrogen (secondary N) is 1. The monoisotopic (exact) mass is 472 g/mol. The zero-order valence-corrected chi connectivity index (χ0v) is 20.4. The van der Waals surface area contributed by atoms with Gasteiger partial charge in [0.25, 0.3) is 0 Å². The fraction of sp³-hybridized carbons (Fsp3) is 0.552. The maximum absolute atomic E-state index is 12.9. The van der Waals surface area contributed by atoms with Crippen LogP contribution < -0.4 is 10.2 Å². The number of rotatable bonds is 6. The maximum Gasteiger partial charge on any atom is 0.231 e. The Kier molecular flexibility index (Phi) is 6.21. The first kappa shape index (κ1) is 22.6. The van der Waals surface area contributed by atoms with Crippen LogP contribution in [0.5, 0.6) is 0 Å². The predicted molar refractivity (Wildman–Crippen MR) is 137 cm³/mol. The molecule has 1 aromatic carbocycles. The van der Waals surface area contributed by atoms with Gasteiger partial charge >= 0.3 is 0 Å². The molecular weight excluding hydrogens is 436 g/mol. The molecule has 184 valence electrons. The lowest BCUT2D eigenvalue weighted by Crippen LogP contribution is -2.52. The van der Waals surface area contributed by atoms with Crippen LogP contribution in [0.1, 0.15) is 56.4 Å². The van der Waals surface area contributed by atoms with Crippen LogP contribution >= 0.6 is 0 Å². The van der Waals surface area contributed by atoms with E-state index in [4.69, 9.17) is 0 Å². The first-order valence-corrected chi connectivity index (χ1v) is 13.5. The minimum absolute atomic E-state index is 0.0103. The highest BCUT2D eigenvalue weighted by atomic mass is 16.2. The van der Waals surface area contributed by atoms with E-state index in [1.54, 1.807) is 6.20 Å². The number of pyridine rings is 1. The average molecular weight is 473 g/mol. The summed E-state index contributed by atoms with van der Waals surface area (Å²) < 4.78 is 0. The van der Waals surface area contributed by atoms with E-state index in [0.29, 0.717) is 17.7 Å². The number of hydrogen-bond donors (Lipinski definition) is 1. The van der Waals surface area contributed by atoms with Gasteiger partial charge in [0.2, 0.25) is 11.8 Å². The number of likely N-dealkylation sites (tertiary alicyclic amines) is 1. The van der Waals surface area contributed by atoms with Crippen molar-refractivity contribution in [2.75, 3.05) is 36.4 Å². The summed E-state index contributed by atoms with van der Waals surface area (Å²) in [5.41, 5.74) is 3.24. The normalized spacial score (nSPS) is 26.6. The molecular formula is C29H36N4O2. The van der Waals surface area contributed by atoms with Gasteiger partial charge in [0.1, 0.15) is 0 Å². The number of nitrogens with zero attached hydrogens (tertiary/aromatic N) is 3. The maximum atomic E-state index is 12.9. The Bertz CT molecular complexity index is 1040. The number of hydrogen-bond acceptors (Lipinski definition) is 4. The number of amides is 2. The van der Waals surface area contributed by atoms with Crippen LogP contribution in [0.2, 0.25) is 0 Å². The molecule has 3 heterocycles. The number of piperidine rings is 1. The van der Waals surface area contributed by atoms with Crippen molar-refractivity contribution in [3.63, 3.8) is 0 Å². The molecule has 2 aromatic rings. The summed E-state index contributed by atoms with van der Waals surface area (Å²) in [4.78, 5) is 34.0. The molecule has 6 heteroatoms. The van der Waals surface area contributed by atoms with Crippen LogP contribution in [0.25, 0.3) is 0 Å². The standard InChI is InChI=1S/C29H36N4O2/c34-28(16-24-15-20-3-4-23(24)14-20)32-12-9-22(10-13-32)21-5-7-26(8-6-21)31-29(35)25-18-33(19-25)27-2-1-11-30-17-27/h1-2,5-8,11,17,20,22-25H,3-4,9-10,12-16,18-19H2,(H,31,35)/t20-,23+,24?/m1/s1. The van der Waals surface area contributed by atoms with E-state index >= 15 is 0 Å². The predicted octanol–water partition coefficient (Wildman–Crippen LogP) is 4.69. The Labute approximate surface area is 208 Å². The summed E-state index contributed by atoms with van der Waals surface area (Å²) >= 11 is 0. The summed E-state index contributed by atoms with van der Waals surface area (Å²) in [5, 5.41) is 3.08. The quantitative estimate of drug-likeness (QED) is 0.663. The molecule has 2 aliphatic carbocycles. The van der Waals surface area contributed by atoms with Gasteiger partial charge in [0.05, 0.1) is 17.8 Å². The molecule has 2 amide bonds. The lowest BCUT2D eigenvalue weighted by molar-refractivity contribution is -0.133. The highest BCUT2D eigenvalue weighted by Crippen LogP contribution is 2.49. The molecule has 6 nitrogen and oxygen atoms in total. The van der Waals surface area contributed by atoms with Crippen molar-refractivity contribution >= 4 is 23.2 Å². The second-order valence-electron chi connectivity index (χ2n) is 11.2. The lowest BCUT2D eigenvalue weighted by atomic mass is 9.85. The molecule has 2 saturated heterocycles. The Hall–Kier alpha value is -2.89. The van der Waals surface area contributed by atoms with Gasteiger partial charge in [-0.1, -0.05) is 18.6 Å². The van der Waals surface area contributed by atoms with Crippen molar-refractivity contribution < 1.29 is 9.59 Å². The summed E-state index contributed by atoms with van der Waals surface area (Å²) in [6.45, 7) is 3.21. The molecule has 2 saturated carbocycles. The van der Waals surface area contributed by atoms with Gasteiger partial charge < -0.3 is 15.1 Å². The first-order valence-electron chi connectivity index (χ1n) is 13.5. The zero-order chi connectivity index (χ0) is 23.8. The summed E-state index contributed by atoms with van der Waals surface area (Å²) in [7, 11) is 0. The van der Waals surface area contributed by atoms with Crippen molar-refractivity contribution in [1.29, 1.82) is 0 Å². The number of anilines is 2. The topological polar surface area (TPSA) is 65.5 Å². The summed E-state index contributed by atoms with van der Waals surface area (Å²) in [6.07, 6.45) is 11.9. The second kappa shape index (κ2) is 9.63. The number of aromatic nitrogens is 1. The second-order valence-corrected chi connectivity index (χ2v) is 11.2. The van der Waals surface area contributed by atoms with Crippen LogP contribution in [-0.2, 0) is 9.59 Å². The highest BCUT2D eigenvalue weighted by molar-refractivity contribution is 5.94. The molecule has 2 aliphatic heterocycles. The van der Waals surface area contributed by atoms with Crippen LogP contribution in [0.3, 0.4) is 0 Å². The highest BCUT2D eigenvalue weighted by Gasteiger charge is 2.41. The summed E-state index contributed by atoms with van der Waals surface area (Å²) in [6, 6.07) is 12.3. The van der Waals surface area contributed by atoms with Crippen molar-refractivity contribution in [3.05, 3.63) is 54.4 Å². The third kappa shape index (κ3) is 4.80. The molecule has 0 spiro atoms. The Morgan fingerprint density at radius 1 is 0.971 bits per heavy atom. The Morgan fingerprint density at radius 3 is 2.43 bits per heavy atom. The molecule has 1 N–H and O–H groups in total. The number of carbonyl (C=O) groups is 2.